The van der Waals surface area contributed by atoms with E-state index in [4.69, 9.17) is 10.3 Å². The van der Waals surface area contributed by atoms with Crippen molar-refractivity contribution in [3.8, 4) is 0 Å². The summed E-state index contributed by atoms with van der Waals surface area (Å²) in [7, 11) is 0. The molecule has 2 N–H and O–H groups in total. The van der Waals surface area contributed by atoms with Gasteiger partial charge in [0, 0.05) is 5.92 Å². The van der Waals surface area contributed by atoms with Crippen molar-refractivity contribution in [3.05, 3.63) is 11.7 Å². The zero-order valence-corrected chi connectivity index (χ0v) is 8.08. The Bertz CT molecular complexity index is 296. The molecule has 0 aliphatic heterocycles. The van der Waals surface area contributed by atoms with Gasteiger partial charge in [-0.1, -0.05) is 11.6 Å². The maximum Gasteiger partial charge on any atom is 0.229 e. The van der Waals surface area contributed by atoms with Gasteiger partial charge in [0.1, 0.15) is 0 Å². The van der Waals surface area contributed by atoms with Gasteiger partial charge in [-0.2, -0.15) is 4.98 Å². The van der Waals surface area contributed by atoms with Crippen molar-refractivity contribution in [1.82, 2.24) is 10.1 Å². The Morgan fingerprint density at radius 3 is 2.54 bits per heavy atom. The summed E-state index contributed by atoms with van der Waals surface area (Å²) in [6, 6.07) is 0. The molecule has 2 rings (SSSR count). The molecule has 1 aliphatic rings. The molecule has 0 atom stereocenters. The van der Waals surface area contributed by atoms with Crippen LogP contribution >= 0.6 is 0 Å². The van der Waals surface area contributed by atoms with Gasteiger partial charge in [0.2, 0.25) is 5.89 Å². The normalized spacial score (nSPS) is 18.7. The average Bonchev–Trinajstić information content (AvgIpc) is 2.29. The Morgan fingerprint density at radius 1 is 1.46 bits per heavy atom. The standard InChI is InChI=1S/C9H15N3O/c1-9(2,10)8-11-7(13-12-8)6-4-3-5-6/h6H,3-5,10H2,1-2H3. The molecular formula is C9H15N3O. The molecule has 0 saturated heterocycles. The minimum absolute atomic E-state index is 0.489. The Kier molecular flexibility index (Phi) is 1.87. The summed E-state index contributed by atoms with van der Waals surface area (Å²) in [5, 5.41) is 3.88. The summed E-state index contributed by atoms with van der Waals surface area (Å²) in [5.41, 5.74) is 5.35. The van der Waals surface area contributed by atoms with E-state index in [0.29, 0.717) is 11.7 Å². The zero-order chi connectivity index (χ0) is 9.47. The highest BCUT2D eigenvalue weighted by Gasteiger charge is 2.28. The molecule has 0 radical (unpaired) electrons. The third-order valence-electron chi connectivity index (χ3n) is 2.47. The van der Waals surface area contributed by atoms with Gasteiger partial charge >= 0.3 is 0 Å². The van der Waals surface area contributed by atoms with Crippen molar-refractivity contribution in [2.75, 3.05) is 0 Å². The van der Waals surface area contributed by atoms with Crippen LogP contribution in [-0.2, 0) is 5.54 Å². The number of rotatable bonds is 2. The zero-order valence-electron chi connectivity index (χ0n) is 8.08. The first-order valence-electron chi connectivity index (χ1n) is 4.70. The molecule has 0 bridgehead atoms. The summed E-state index contributed by atoms with van der Waals surface area (Å²) in [6.07, 6.45) is 3.62. The van der Waals surface area contributed by atoms with Crippen LogP contribution in [0.1, 0.15) is 50.7 Å². The van der Waals surface area contributed by atoms with Gasteiger partial charge in [0.05, 0.1) is 5.54 Å². The fourth-order valence-electron chi connectivity index (χ4n) is 1.32. The summed E-state index contributed by atoms with van der Waals surface area (Å²) in [4.78, 5) is 4.30. The van der Waals surface area contributed by atoms with Gasteiger partial charge in [0.25, 0.3) is 0 Å². The predicted molar refractivity (Wildman–Crippen MR) is 48.1 cm³/mol. The van der Waals surface area contributed by atoms with E-state index in [1.165, 1.54) is 19.3 Å². The highest BCUT2D eigenvalue weighted by atomic mass is 16.5. The largest absolute Gasteiger partial charge is 0.339 e. The Balaban J connectivity index is 2.17. The van der Waals surface area contributed by atoms with Crippen molar-refractivity contribution in [2.45, 2.75) is 44.6 Å². The molecule has 0 amide bonds. The number of nitrogens with two attached hydrogens (primary N) is 1. The molecule has 4 heteroatoms. The van der Waals surface area contributed by atoms with Crippen LogP contribution < -0.4 is 5.73 Å². The molecule has 1 aliphatic carbocycles. The van der Waals surface area contributed by atoms with Crippen LogP contribution in [0.3, 0.4) is 0 Å². The minimum atomic E-state index is -0.495. The Labute approximate surface area is 77.5 Å². The molecule has 1 saturated carbocycles. The Hall–Kier alpha value is -0.900. The van der Waals surface area contributed by atoms with Crippen LogP contribution in [0.25, 0.3) is 0 Å². The minimum Gasteiger partial charge on any atom is -0.339 e. The SMILES string of the molecule is CC(C)(N)c1noc(C2CCC2)n1. The van der Waals surface area contributed by atoms with Crippen LogP contribution in [0.2, 0.25) is 0 Å². The molecule has 0 unspecified atom stereocenters. The molecule has 1 aromatic heterocycles. The first-order valence-corrected chi connectivity index (χ1v) is 4.70. The summed E-state index contributed by atoms with van der Waals surface area (Å²) in [6.45, 7) is 3.75. The van der Waals surface area contributed by atoms with Crippen LogP contribution in [0.5, 0.6) is 0 Å². The van der Waals surface area contributed by atoms with Gasteiger partial charge < -0.3 is 10.3 Å². The van der Waals surface area contributed by atoms with Gasteiger partial charge in [-0.15, -0.1) is 0 Å². The first-order chi connectivity index (χ1) is 6.07. The third kappa shape index (κ3) is 1.58. The van der Waals surface area contributed by atoms with Crippen molar-refractivity contribution in [1.29, 1.82) is 0 Å². The van der Waals surface area contributed by atoms with E-state index in [9.17, 15) is 0 Å². The van der Waals surface area contributed by atoms with E-state index in [2.05, 4.69) is 10.1 Å². The van der Waals surface area contributed by atoms with Crippen molar-refractivity contribution >= 4 is 0 Å². The Morgan fingerprint density at radius 2 is 2.15 bits per heavy atom. The fourth-order valence-corrected chi connectivity index (χ4v) is 1.32. The predicted octanol–water partition coefficient (Wildman–Crippen LogP) is 1.53. The lowest BCUT2D eigenvalue weighted by Crippen LogP contribution is -2.30. The van der Waals surface area contributed by atoms with E-state index in [-0.39, 0.29) is 0 Å². The molecular weight excluding hydrogens is 166 g/mol. The van der Waals surface area contributed by atoms with Crippen LogP contribution in [0.4, 0.5) is 0 Å². The van der Waals surface area contributed by atoms with E-state index < -0.39 is 5.54 Å². The number of aromatic nitrogens is 2. The lowest BCUT2D eigenvalue weighted by Gasteiger charge is -2.20. The van der Waals surface area contributed by atoms with E-state index >= 15 is 0 Å². The average molecular weight is 181 g/mol. The molecule has 72 valence electrons. The van der Waals surface area contributed by atoms with Crippen molar-refractivity contribution in [2.24, 2.45) is 5.73 Å². The second-order valence-corrected chi connectivity index (χ2v) is 4.31. The molecule has 0 spiro atoms. The maximum atomic E-state index is 5.84. The van der Waals surface area contributed by atoms with E-state index in [0.717, 1.165) is 5.89 Å². The molecule has 0 aromatic carbocycles. The topological polar surface area (TPSA) is 64.9 Å². The highest BCUT2D eigenvalue weighted by molar-refractivity contribution is 5.03. The summed E-state index contributed by atoms with van der Waals surface area (Å²) in [5.74, 6) is 1.86. The highest BCUT2D eigenvalue weighted by Crippen LogP contribution is 2.35. The van der Waals surface area contributed by atoms with Crippen LogP contribution in [-0.4, -0.2) is 10.1 Å². The lowest BCUT2D eigenvalue weighted by atomic mass is 9.85. The van der Waals surface area contributed by atoms with Gasteiger partial charge in [-0.05, 0) is 26.7 Å². The van der Waals surface area contributed by atoms with Crippen LogP contribution in [0.15, 0.2) is 4.52 Å². The van der Waals surface area contributed by atoms with Crippen molar-refractivity contribution in [3.63, 3.8) is 0 Å². The fraction of sp³-hybridized carbons (Fsp3) is 0.778. The van der Waals surface area contributed by atoms with Gasteiger partial charge in [0.15, 0.2) is 5.82 Å². The van der Waals surface area contributed by atoms with Gasteiger partial charge in [-0.3, -0.25) is 0 Å². The number of nitrogens with zero attached hydrogens (tertiary/aromatic N) is 2. The van der Waals surface area contributed by atoms with Crippen LogP contribution in [0, 0.1) is 0 Å². The second-order valence-electron chi connectivity index (χ2n) is 4.31. The van der Waals surface area contributed by atoms with Gasteiger partial charge in [-0.25, -0.2) is 0 Å². The van der Waals surface area contributed by atoms with Crippen molar-refractivity contribution < 1.29 is 4.52 Å². The first kappa shape index (κ1) is 8.69. The summed E-state index contributed by atoms with van der Waals surface area (Å²) < 4.78 is 5.15. The molecule has 1 fully saturated rings. The number of hydrogen-bond acceptors (Lipinski definition) is 4. The van der Waals surface area contributed by atoms with E-state index in [1.54, 1.807) is 0 Å². The monoisotopic (exact) mass is 181 g/mol. The molecule has 13 heavy (non-hydrogen) atoms. The molecule has 4 nitrogen and oxygen atoms in total. The quantitative estimate of drug-likeness (QED) is 0.751. The third-order valence-corrected chi connectivity index (χ3v) is 2.47. The van der Waals surface area contributed by atoms with E-state index in [1.807, 2.05) is 13.8 Å². The molecule has 1 aromatic rings. The lowest BCUT2D eigenvalue weighted by molar-refractivity contribution is 0.288. The second kappa shape index (κ2) is 2.80. The number of hydrogen-bond donors (Lipinski definition) is 1. The summed E-state index contributed by atoms with van der Waals surface area (Å²) >= 11 is 0. The smallest absolute Gasteiger partial charge is 0.229 e. The maximum absolute atomic E-state index is 5.84. The molecule has 1 heterocycles.